The van der Waals surface area contributed by atoms with Crippen molar-refractivity contribution < 1.29 is 18.3 Å². The van der Waals surface area contributed by atoms with Crippen molar-refractivity contribution in [3.63, 3.8) is 0 Å². The summed E-state index contributed by atoms with van der Waals surface area (Å²) in [5.41, 5.74) is 1.35. The topological polar surface area (TPSA) is 150 Å². The molecule has 0 spiro atoms. The molecule has 0 amide bonds. The average molecular weight is 378 g/mol. The fourth-order valence-corrected chi connectivity index (χ4v) is 3.71. The Kier molecular flexibility index (Phi) is 4.34. The van der Waals surface area contributed by atoms with Crippen LogP contribution in [0.5, 0.6) is 0 Å². The molecule has 2 aromatic rings. The number of sulfonamides is 1. The number of fused-ring (bicyclic) bond motifs is 1. The van der Waals surface area contributed by atoms with E-state index >= 15 is 0 Å². The van der Waals surface area contributed by atoms with Gasteiger partial charge < -0.3 is 4.90 Å². The van der Waals surface area contributed by atoms with Crippen LogP contribution in [0.4, 0.5) is 17.1 Å². The van der Waals surface area contributed by atoms with E-state index in [1.54, 1.807) is 11.0 Å². The Hall–Kier alpha value is -3.05. The molecule has 10 nitrogen and oxygen atoms in total. The first-order valence-electron chi connectivity index (χ1n) is 7.49. The van der Waals surface area contributed by atoms with Crippen LogP contribution >= 0.6 is 0 Å². The number of anilines is 1. The van der Waals surface area contributed by atoms with Crippen molar-refractivity contribution in [3.8, 4) is 0 Å². The molecule has 2 N–H and O–H groups in total. The summed E-state index contributed by atoms with van der Waals surface area (Å²) in [4.78, 5) is 22.3. The van der Waals surface area contributed by atoms with E-state index in [1.807, 2.05) is 0 Å². The molecule has 0 radical (unpaired) electrons. The summed E-state index contributed by atoms with van der Waals surface area (Å²) in [6.07, 6.45) is 0.514. The molecule has 0 saturated carbocycles. The van der Waals surface area contributed by atoms with Gasteiger partial charge in [0.1, 0.15) is 4.90 Å². The highest BCUT2D eigenvalue weighted by molar-refractivity contribution is 7.89. The summed E-state index contributed by atoms with van der Waals surface area (Å²) in [6, 6.07) is 7.84. The van der Waals surface area contributed by atoms with Gasteiger partial charge in [-0.25, -0.2) is 13.6 Å². The number of nitro benzene ring substituents is 2. The predicted molar refractivity (Wildman–Crippen MR) is 92.3 cm³/mol. The second kappa shape index (κ2) is 6.35. The third-order valence-corrected chi connectivity index (χ3v) is 5.17. The highest BCUT2D eigenvalue weighted by atomic mass is 32.2. The maximum absolute atomic E-state index is 11.9. The van der Waals surface area contributed by atoms with Gasteiger partial charge in [0.15, 0.2) is 0 Å². The predicted octanol–water partition coefficient (Wildman–Crippen LogP) is 1.71. The molecule has 0 atom stereocenters. The second-order valence-electron chi connectivity index (χ2n) is 5.84. The van der Waals surface area contributed by atoms with Crippen LogP contribution in [0.3, 0.4) is 0 Å². The maximum atomic E-state index is 11.9. The lowest BCUT2D eigenvalue weighted by Crippen LogP contribution is -2.32. The maximum Gasteiger partial charge on any atom is 0.271 e. The smallest absolute Gasteiger partial charge is 0.271 e. The minimum atomic E-state index is -4.10. The van der Waals surface area contributed by atoms with E-state index in [4.69, 9.17) is 5.14 Å². The molecule has 26 heavy (non-hydrogen) atoms. The molecule has 0 aliphatic carbocycles. The van der Waals surface area contributed by atoms with Crippen molar-refractivity contribution >= 4 is 27.1 Å². The number of non-ortho nitro benzene ring substituents is 2. The Morgan fingerprint density at radius 1 is 0.962 bits per heavy atom. The first-order chi connectivity index (χ1) is 12.2. The highest BCUT2D eigenvalue weighted by Gasteiger charge is 2.26. The van der Waals surface area contributed by atoms with Crippen molar-refractivity contribution in [2.75, 3.05) is 11.4 Å². The molecular formula is C15H14N4O6S. The van der Waals surface area contributed by atoms with E-state index in [1.165, 1.54) is 12.1 Å². The first kappa shape index (κ1) is 17.8. The molecule has 0 unspecified atom stereocenters. The summed E-state index contributed by atoms with van der Waals surface area (Å²) in [7, 11) is -4.10. The summed E-state index contributed by atoms with van der Waals surface area (Å²) in [5, 5.41) is 27.2. The van der Waals surface area contributed by atoms with Crippen LogP contribution in [0.25, 0.3) is 0 Å². The molecule has 1 aliphatic rings. The lowest BCUT2D eigenvalue weighted by atomic mass is 9.98. The number of primary sulfonamides is 1. The van der Waals surface area contributed by atoms with Crippen LogP contribution in [0.2, 0.25) is 0 Å². The molecule has 11 heteroatoms. The van der Waals surface area contributed by atoms with Crippen molar-refractivity contribution in [1.29, 1.82) is 0 Å². The molecule has 2 aromatic carbocycles. The van der Waals surface area contributed by atoms with Crippen molar-refractivity contribution in [2.24, 2.45) is 5.14 Å². The number of nitrogens with two attached hydrogens (primary N) is 1. The van der Waals surface area contributed by atoms with Gasteiger partial charge >= 0.3 is 0 Å². The van der Waals surface area contributed by atoms with Crippen molar-refractivity contribution in [3.05, 3.63) is 67.8 Å². The lowest BCUT2D eigenvalue weighted by Gasteiger charge is -2.31. The van der Waals surface area contributed by atoms with Crippen LogP contribution < -0.4 is 10.0 Å². The molecule has 0 fully saturated rings. The van der Waals surface area contributed by atoms with Gasteiger partial charge in [0.25, 0.3) is 11.4 Å². The van der Waals surface area contributed by atoms with Crippen molar-refractivity contribution in [1.82, 2.24) is 0 Å². The van der Waals surface area contributed by atoms with Gasteiger partial charge in [-0.3, -0.25) is 20.2 Å². The summed E-state index contributed by atoms with van der Waals surface area (Å²) in [5.74, 6) is 0. The number of nitro groups is 2. The summed E-state index contributed by atoms with van der Waals surface area (Å²) < 4.78 is 23.7. The fourth-order valence-electron chi connectivity index (χ4n) is 2.97. The van der Waals surface area contributed by atoms with E-state index in [-0.39, 0.29) is 28.5 Å². The molecular weight excluding hydrogens is 364 g/mol. The van der Waals surface area contributed by atoms with E-state index in [2.05, 4.69) is 0 Å². The standard InChI is InChI=1S/C15H14N4O6S/c16-26(24,25)15-4-3-13(19(22)23)8-14(15)17-6-5-10-1-2-12(18(20)21)7-11(10)9-17/h1-4,7-8H,5-6,9H2,(H2,16,24,25). The van der Waals surface area contributed by atoms with Gasteiger partial charge in [0.05, 0.1) is 15.5 Å². The average Bonchev–Trinajstić information content (AvgIpc) is 2.59. The second-order valence-corrected chi connectivity index (χ2v) is 7.37. The SMILES string of the molecule is NS(=O)(=O)c1ccc([N+](=O)[O-])cc1N1CCc2ccc([N+](=O)[O-])cc2C1. The lowest BCUT2D eigenvalue weighted by molar-refractivity contribution is -0.385. The zero-order chi connectivity index (χ0) is 19.1. The minimum absolute atomic E-state index is 0.0729. The van der Waals surface area contributed by atoms with Crippen LogP contribution in [-0.4, -0.2) is 24.8 Å². The zero-order valence-electron chi connectivity index (χ0n) is 13.4. The van der Waals surface area contributed by atoms with Crippen LogP contribution in [0.1, 0.15) is 11.1 Å². The number of benzene rings is 2. The normalized spacial score (nSPS) is 14.0. The van der Waals surface area contributed by atoms with Gasteiger partial charge in [-0.05, 0) is 23.6 Å². The largest absolute Gasteiger partial charge is 0.366 e. The monoisotopic (exact) mass is 378 g/mol. The van der Waals surface area contributed by atoms with Crippen LogP contribution in [0, 0.1) is 20.2 Å². The number of hydrogen-bond acceptors (Lipinski definition) is 7. The molecule has 3 rings (SSSR count). The summed E-state index contributed by atoms with van der Waals surface area (Å²) >= 11 is 0. The van der Waals surface area contributed by atoms with Gasteiger partial charge in [-0.1, -0.05) is 6.07 Å². The van der Waals surface area contributed by atoms with Crippen LogP contribution in [-0.2, 0) is 23.0 Å². The Morgan fingerprint density at radius 3 is 2.19 bits per heavy atom. The Labute approximate surface area is 148 Å². The molecule has 1 aliphatic heterocycles. The number of hydrogen-bond donors (Lipinski definition) is 1. The van der Waals surface area contributed by atoms with Crippen molar-refractivity contribution in [2.45, 2.75) is 17.9 Å². The third kappa shape index (κ3) is 3.34. The van der Waals surface area contributed by atoms with Gasteiger partial charge in [0.2, 0.25) is 10.0 Å². The molecule has 136 valence electrons. The van der Waals surface area contributed by atoms with E-state index in [9.17, 15) is 28.6 Å². The van der Waals surface area contributed by atoms with Gasteiger partial charge in [-0.2, -0.15) is 0 Å². The third-order valence-electron chi connectivity index (χ3n) is 4.21. The quantitative estimate of drug-likeness (QED) is 0.628. The Bertz CT molecular complexity index is 1020. The first-order valence-corrected chi connectivity index (χ1v) is 9.04. The van der Waals surface area contributed by atoms with E-state index in [0.29, 0.717) is 18.5 Å². The Balaban J connectivity index is 2.07. The zero-order valence-corrected chi connectivity index (χ0v) is 14.2. The summed E-state index contributed by atoms with van der Waals surface area (Å²) in [6.45, 7) is 0.579. The van der Waals surface area contributed by atoms with E-state index in [0.717, 1.165) is 23.8 Å². The fraction of sp³-hybridized carbons (Fsp3) is 0.200. The minimum Gasteiger partial charge on any atom is -0.366 e. The van der Waals surface area contributed by atoms with Crippen LogP contribution in [0.15, 0.2) is 41.3 Å². The molecule has 0 bridgehead atoms. The van der Waals surface area contributed by atoms with Gasteiger partial charge in [0, 0.05) is 37.4 Å². The van der Waals surface area contributed by atoms with E-state index < -0.39 is 19.9 Å². The molecule has 0 aromatic heterocycles. The highest BCUT2D eigenvalue weighted by Crippen LogP contribution is 2.33. The van der Waals surface area contributed by atoms with Gasteiger partial charge in [-0.15, -0.1) is 0 Å². The molecule has 1 heterocycles. The number of rotatable bonds is 4. The molecule has 0 saturated heterocycles. The number of nitrogens with zero attached hydrogens (tertiary/aromatic N) is 3. The Morgan fingerprint density at radius 2 is 1.58 bits per heavy atom.